The van der Waals surface area contributed by atoms with Crippen molar-refractivity contribution in [3.8, 4) is 0 Å². The third kappa shape index (κ3) is 2.76. The van der Waals surface area contributed by atoms with E-state index in [1.54, 1.807) is 18.2 Å². The molecule has 1 aromatic carbocycles. The first kappa shape index (κ1) is 10.1. The van der Waals surface area contributed by atoms with Crippen molar-refractivity contribution in [2.45, 2.75) is 0 Å². The maximum absolute atomic E-state index is 10.2. The van der Waals surface area contributed by atoms with Crippen LogP contribution in [0.15, 0.2) is 24.3 Å². The van der Waals surface area contributed by atoms with Gasteiger partial charge in [0.15, 0.2) is 0 Å². The molecule has 0 amide bonds. The highest BCUT2D eigenvalue weighted by atomic mass is 35.5. The zero-order chi connectivity index (χ0) is 9.84. The van der Waals surface area contributed by atoms with Crippen LogP contribution in [0.4, 0.5) is 0 Å². The normalized spacial score (nSPS) is 10.6. The summed E-state index contributed by atoms with van der Waals surface area (Å²) < 4.78 is 0. The fourth-order valence-electron chi connectivity index (χ4n) is 0.810. The van der Waals surface area contributed by atoms with E-state index in [9.17, 15) is 4.79 Å². The number of rotatable bonds is 2. The number of carboxylic acids is 1. The topological polar surface area (TPSA) is 37.3 Å². The van der Waals surface area contributed by atoms with E-state index in [-0.39, 0.29) is 0 Å². The van der Waals surface area contributed by atoms with E-state index in [2.05, 4.69) is 0 Å². The smallest absolute Gasteiger partial charge is 0.328 e. The Kier molecular flexibility index (Phi) is 3.34. The van der Waals surface area contributed by atoms with Gasteiger partial charge >= 0.3 is 5.97 Å². The van der Waals surface area contributed by atoms with Gasteiger partial charge in [0.1, 0.15) is 0 Å². The number of carbonyl (C=O) groups is 1. The summed E-state index contributed by atoms with van der Waals surface area (Å²) in [7, 11) is 0. The second-order valence-electron chi connectivity index (χ2n) is 2.31. The fraction of sp³-hybridized carbons (Fsp3) is 0. The molecule has 0 aliphatic heterocycles. The van der Waals surface area contributed by atoms with Crippen molar-refractivity contribution in [1.29, 1.82) is 0 Å². The highest BCUT2D eigenvalue weighted by molar-refractivity contribution is 6.42. The van der Waals surface area contributed by atoms with Crippen LogP contribution in [0, 0.1) is 0 Å². The van der Waals surface area contributed by atoms with Crippen molar-refractivity contribution in [2.75, 3.05) is 0 Å². The van der Waals surface area contributed by atoms with Gasteiger partial charge in [-0.15, -0.1) is 0 Å². The maximum atomic E-state index is 10.2. The molecule has 13 heavy (non-hydrogen) atoms. The molecule has 0 aliphatic rings. The van der Waals surface area contributed by atoms with E-state index in [1.807, 2.05) is 0 Å². The molecule has 4 heteroatoms. The summed E-state index contributed by atoms with van der Waals surface area (Å²) in [5, 5.41) is 9.15. The van der Waals surface area contributed by atoms with Gasteiger partial charge in [-0.1, -0.05) is 35.3 Å². The fourth-order valence-corrected chi connectivity index (χ4v) is 1.18. The second kappa shape index (κ2) is 4.30. The van der Waals surface area contributed by atoms with Gasteiger partial charge in [-0.25, -0.2) is 4.79 Å². The van der Waals surface area contributed by atoms with Crippen LogP contribution >= 0.6 is 23.2 Å². The average Bonchev–Trinajstić information content (AvgIpc) is 2.07. The van der Waals surface area contributed by atoms with Crippen LogP contribution in [0.3, 0.4) is 0 Å². The van der Waals surface area contributed by atoms with Crippen LogP contribution < -0.4 is 0 Å². The largest absolute Gasteiger partial charge is 0.478 e. The number of halogens is 2. The van der Waals surface area contributed by atoms with Gasteiger partial charge in [0, 0.05) is 6.08 Å². The van der Waals surface area contributed by atoms with E-state index in [1.165, 1.54) is 6.08 Å². The van der Waals surface area contributed by atoms with Crippen molar-refractivity contribution in [2.24, 2.45) is 0 Å². The number of benzene rings is 1. The lowest BCUT2D eigenvalue weighted by molar-refractivity contribution is -0.131. The molecule has 0 radical (unpaired) electrons. The lowest BCUT2D eigenvalue weighted by atomic mass is 10.2. The monoisotopic (exact) mass is 216 g/mol. The standard InChI is InChI=1S/C9H6Cl2O2/c10-7-3-1-2-6(9(7)11)4-5-8(12)13/h1-5H,(H,12,13)/b5-4-. The van der Waals surface area contributed by atoms with Gasteiger partial charge in [0.2, 0.25) is 0 Å². The molecule has 0 heterocycles. The minimum Gasteiger partial charge on any atom is -0.478 e. The predicted octanol–water partition coefficient (Wildman–Crippen LogP) is 3.09. The van der Waals surface area contributed by atoms with E-state index < -0.39 is 5.97 Å². The summed E-state index contributed by atoms with van der Waals surface area (Å²) in [6.07, 6.45) is 2.41. The Morgan fingerprint density at radius 3 is 2.69 bits per heavy atom. The maximum Gasteiger partial charge on any atom is 0.328 e. The molecule has 0 saturated heterocycles. The molecule has 2 nitrogen and oxygen atoms in total. The lowest BCUT2D eigenvalue weighted by Gasteiger charge is -1.98. The van der Waals surface area contributed by atoms with Gasteiger partial charge in [-0.2, -0.15) is 0 Å². The number of hydrogen-bond acceptors (Lipinski definition) is 1. The van der Waals surface area contributed by atoms with Crippen molar-refractivity contribution in [3.63, 3.8) is 0 Å². The summed E-state index contributed by atoms with van der Waals surface area (Å²) in [5.74, 6) is -1.02. The van der Waals surface area contributed by atoms with Gasteiger partial charge in [0.05, 0.1) is 10.0 Å². The van der Waals surface area contributed by atoms with E-state index in [0.29, 0.717) is 15.6 Å². The highest BCUT2D eigenvalue weighted by Gasteiger charge is 2.00. The molecule has 0 saturated carbocycles. The number of aliphatic carboxylic acids is 1. The van der Waals surface area contributed by atoms with E-state index in [4.69, 9.17) is 28.3 Å². The molecule has 1 aromatic rings. The Hall–Kier alpha value is -0.990. The average molecular weight is 217 g/mol. The molecule has 0 aliphatic carbocycles. The molecule has 68 valence electrons. The molecule has 0 bridgehead atoms. The quantitative estimate of drug-likeness (QED) is 0.772. The van der Waals surface area contributed by atoms with Crippen molar-refractivity contribution < 1.29 is 9.90 Å². The number of hydrogen-bond donors (Lipinski definition) is 1. The Morgan fingerprint density at radius 1 is 1.38 bits per heavy atom. The highest BCUT2D eigenvalue weighted by Crippen LogP contribution is 2.26. The van der Waals surface area contributed by atoms with Crippen LogP contribution in [0.2, 0.25) is 10.0 Å². The SMILES string of the molecule is O=C(O)/C=C\c1cccc(Cl)c1Cl. The zero-order valence-corrected chi connectivity index (χ0v) is 8.01. The lowest BCUT2D eigenvalue weighted by Crippen LogP contribution is -1.86. The van der Waals surface area contributed by atoms with Crippen LogP contribution in [0.25, 0.3) is 6.08 Å². The predicted molar refractivity (Wildman–Crippen MR) is 53.1 cm³/mol. The summed E-state index contributed by atoms with van der Waals surface area (Å²) in [5.41, 5.74) is 0.594. The van der Waals surface area contributed by atoms with E-state index >= 15 is 0 Å². The Morgan fingerprint density at radius 2 is 2.08 bits per heavy atom. The minimum atomic E-state index is -1.02. The molecule has 0 fully saturated rings. The molecular weight excluding hydrogens is 211 g/mol. The first-order chi connectivity index (χ1) is 6.11. The molecule has 0 spiro atoms. The van der Waals surface area contributed by atoms with E-state index in [0.717, 1.165) is 6.08 Å². The van der Waals surface area contributed by atoms with Crippen molar-refractivity contribution in [3.05, 3.63) is 39.9 Å². The van der Waals surface area contributed by atoms with Gasteiger partial charge < -0.3 is 5.11 Å². The van der Waals surface area contributed by atoms with Crippen molar-refractivity contribution >= 4 is 35.2 Å². The summed E-state index contributed by atoms with van der Waals surface area (Å²) in [6, 6.07) is 5.03. The molecular formula is C9H6Cl2O2. The van der Waals surface area contributed by atoms with Gasteiger partial charge in [-0.05, 0) is 17.7 Å². The van der Waals surface area contributed by atoms with Crippen LogP contribution in [-0.4, -0.2) is 11.1 Å². The summed E-state index contributed by atoms with van der Waals surface area (Å²) >= 11 is 11.5. The summed E-state index contributed by atoms with van der Waals surface area (Å²) in [4.78, 5) is 10.2. The van der Waals surface area contributed by atoms with Crippen LogP contribution in [0.1, 0.15) is 5.56 Å². The minimum absolute atomic E-state index is 0.363. The summed E-state index contributed by atoms with van der Waals surface area (Å²) in [6.45, 7) is 0. The van der Waals surface area contributed by atoms with Crippen LogP contribution in [-0.2, 0) is 4.79 Å². The third-order valence-electron chi connectivity index (χ3n) is 1.39. The van der Waals surface area contributed by atoms with Gasteiger partial charge in [0.25, 0.3) is 0 Å². The van der Waals surface area contributed by atoms with Crippen LogP contribution in [0.5, 0.6) is 0 Å². The molecule has 1 N–H and O–H groups in total. The Labute approximate surface area is 85.4 Å². The second-order valence-corrected chi connectivity index (χ2v) is 3.10. The third-order valence-corrected chi connectivity index (χ3v) is 2.22. The molecule has 0 atom stereocenters. The van der Waals surface area contributed by atoms with Gasteiger partial charge in [-0.3, -0.25) is 0 Å². The molecule has 0 aromatic heterocycles. The number of carboxylic acid groups (broad SMARTS) is 1. The first-order valence-electron chi connectivity index (χ1n) is 3.46. The Balaban J connectivity index is 3.02. The molecule has 1 rings (SSSR count). The molecule has 0 unspecified atom stereocenters. The first-order valence-corrected chi connectivity index (χ1v) is 4.22. The van der Waals surface area contributed by atoms with Crippen molar-refractivity contribution in [1.82, 2.24) is 0 Å². The zero-order valence-electron chi connectivity index (χ0n) is 6.50. The Bertz CT molecular complexity index is 359.